The number of hydrogen-bond donors (Lipinski definition) is 0. The second-order valence-corrected chi connectivity index (χ2v) is 4.06. The van der Waals surface area contributed by atoms with Gasteiger partial charge in [0.05, 0.1) is 0 Å². The van der Waals surface area contributed by atoms with Crippen LogP contribution in [0.2, 0.25) is 0 Å². The lowest BCUT2D eigenvalue weighted by atomic mass is 10.2. The summed E-state index contributed by atoms with van der Waals surface area (Å²) in [6, 6.07) is 0. The minimum Gasteiger partial charge on any atom is -0.419 e. The zero-order valence-electron chi connectivity index (χ0n) is 9.81. The van der Waals surface area contributed by atoms with Gasteiger partial charge in [0.1, 0.15) is 5.57 Å². The fourth-order valence-electron chi connectivity index (χ4n) is 1.11. The number of hydrogen-bond acceptors (Lipinski definition) is 5. The summed E-state index contributed by atoms with van der Waals surface area (Å²) in [7, 11) is 3.66. The number of carbonyl (C=O) groups excluding carboxylic acids is 2. The molecule has 1 heterocycles. The van der Waals surface area contributed by atoms with Crippen LogP contribution in [-0.4, -0.2) is 36.7 Å². The molecular formula is C11H15NO4. The van der Waals surface area contributed by atoms with Crippen molar-refractivity contribution < 1.29 is 19.1 Å². The van der Waals surface area contributed by atoms with E-state index in [2.05, 4.69) is 0 Å². The summed E-state index contributed by atoms with van der Waals surface area (Å²) in [5.41, 5.74) is -0.0996. The van der Waals surface area contributed by atoms with Crippen molar-refractivity contribution in [1.29, 1.82) is 0 Å². The molecule has 0 aromatic rings. The summed E-state index contributed by atoms with van der Waals surface area (Å²) in [6.07, 6.45) is 4.66. The van der Waals surface area contributed by atoms with Crippen LogP contribution in [0.15, 0.2) is 23.9 Å². The molecule has 5 heteroatoms. The van der Waals surface area contributed by atoms with Crippen LogP contribution in [0, 0.1) is 0 Å². The van der Waals surface area contributed by atoms with E-state index in [4.69, 9.17) is 9.47 Å². The molecule has 0 amide bonds. The van der Waals surface area contributed by atoms with Gasteiger partial charge in [-0.15, -0.1) is 0 Å². The van der Waals surface area contributed by atoms with E-state index < -0.39 is 17.7 Å². The highest BCUT2D eigenvalue weighted by molar-refractivity contribution is 6.15. The smallest absolute Gasteiger partial charge is 0.348 e. The summed E-state index contributed by atoms with van der Waals surface area (Å²) in [4.78, 5) is 24.7. The van der Waals surface area contributed by atoms with E-state index in [0.29, 0.717) is 0 Å². The van der Waals surface area contributed by atoms with Gasteiger partial charge in [-0.25, -0.2) is 9.59 Å². The van der Waals surface area contributed by atoms with Gasteiger partial charge in [-0.1, -0.05) is 0 Å². The van der Waals surface area contributed by atoms with E-state index in [0.717, 1.165) is 0 Å². The molecule has 0 atom stereocenters. The lowest BCUT2D eigenvalue weighted by molar-refractivity contribution is -0.222. The first-order chi connectivity index (χ1) is 7.32. The van der Waals surface area contributed by atoms with E-state index >= 15 is 0 Å². The van der Waals surface area contributed by atoms with E-state index in [1.54, 1.807) is 17.2 Å². The van der Waals surface area contributed by atoms with Crippen LogP contribution in [0.4, 0.5) is 0 Å². The minimum absolute atomic E-state index is 0.0996. The number of carbonyl (C=O) groups is 2. The van der Waals surface area contributed by atoms with E-state index in [9.17, 15) is 9.59 Å². The van der Waals surface area contributed by atoms with Crippen LogP contribution in [0.3, 0.4) is 0 Å². The summed E-state index contributed by atoms with van der Waals surface area (Å²) in [5.74, 6) is -2.51. The Balaban J connectivity index is 2.83. The Labute approximate surface area is 94.3 Å². The zero-order valence-corrected chi connectivity index (χ0v) is 9.81. The van der Waals surface area contributed by atoms with Gasteiger partial charge in [0.25, 0.3) is 5.79 Å². The van der Waals surface area contributed by atoms with Crippen molar-refractivity contribution >= 4 is 11.9 Å². The SMILES string of the molecule is CN(C)/C=C/C=C1C(=O)OC(C)(C)OC1=O. The third-order valence-corrected chi connectivity index (χ3v) is 1.76. The molecule has 0 spiro atoms. The molecule has 1 saturated heterocycles. The Morgan fingerprint density at radius 2 is 1.62 bits per heavy atom. The second kappa shape index (κ2) is 4.38. The first kappa shape index (κ1) is 12.3. The van der Waals surface area contributed by atoms with Crippen molar-refractivity contribution in [3.63, 3.8) is 0 Å². The average molecular weight is 225 g/mol. The fourth-order valence-corrected chi connectivity index (χ4v) is 1.11. The number of nitrogens with zero attached hydrogens (tertiary/aromatic N) is 1. The molecule has 88 valence electrons. The van der Waals surface area contributed by atoms with Gasteiger partial charge >= 0.3 is 11.9 Å². The van der Waals surface area contributed by atoms with Gasteiger partial charge in [0.2, 0.25) is 0 Å². The normalized spacial score (nSPS) is 19.4. The second-order valence-electron chi connectivity index (χ2n) is 4.06. The lowest BCUT2D eigenvalue weighted by Crippen LogP contribution is -2.41. The van der Waals surface area contributed by atoms with Crippen LogP contribution < -0.4 is 0 Å². The number of rotatable bonds is 2. The molecular weight excluding hydrogens is 210 g/mol. The van der Waals surface area contributed by atoms with Crippen molar-refractivity contribution in [3.05, 3.63) is 23.9 Å². The van der Waals surface area contributed by atoms with Gasteiger partial charge in [-0.05, 0) is 18.4 Å². The van der Waals surface area contributed by atoms with Gasteiger partial charge < -0.3 is 14.4 Å². The third kappa shape index (κ3) is 3.12. The molecule has 0 saturated carbocycles. The maximum atomic E-state index is 11.5. The topological polar surface area (TPSA) is 55.8 Å². The maximum absolute atomic E-state index is 11.5. The number of ether oxygens (including phenoxy) is 2. The van der Waals surface area contributed by atoms with Gasteiger partial charge in [0.15, 0.2) is 0 Å². The van der Waals surface area contributed by atoms with Crippen LogP contribution in [-0.2, 0) is 19.1 Å². The maximum Gasteiger partial charge on any atom is 0.348 e. The van der Waals surface area contributed by atoms with Crippen LogP contribution in [0.25, 0.3) is 0 Å². The molecule has 0 N–H and O–H groups in total. The predicted molar refractivity (Wildman–Crippen MR) is 57.2 cm³/mol. The quantitative estimate of drug-likeness (QED) is 0.395. The number of esters is 2. The van der Waals surface area contributed by atoms with Crippen LogP contribution in [0.5, 0.6) is 0 Å². The van der Waals surface area contributed by atoms with Crippen molar-refractivity contribution in [2.24, 2.45) is 0 Å². The molecule has 5 nitrogen and oxygen atoms in total. The molecule has 1 rings (SSSR count). The minimum atomic E-state index is -1.18. The molecule has 1 fully saturated rings. The summed E-state index contributed by atoms with van der Waals surface area (Å²) in [5, 5.41) is 0. The Kier molecular flexibility index (Phi) is 3.37. The van der Waals surface area contributed by atoms with E-state index in [1.165, 1.54) is 19.9 Å². The third-order valence-electron chi connectivity index (χ3n) is 1.76. The summed E-state index contributed by atoms with van der Waals surface area (Å²) >= 11 is 0. The summed E-state index contributed by atoms with van der Waals surface area (Å²) in [6.45, 7) is 3.02. The Bertz CT molecular complexity index is 344. The Morgan fingerprint density at radius 1 is 1.12 bits per heavy atom. The van der Waals surface area contributed by atoms with Crippen molar-refractivity contribution in [2.45, 2.75) is 19.6 Å². The Morgan fingerprint density at radius 3 is 2.06 bits per heavy atom. The molecule has 1 aliphatic heterocycles. The fraction of sp³-hybridized carbons (Fsp3) is 0.455. The number of cyclic esters (lactones) is 2. The first-order valence-electron chi connectivity index (χ1n) is 4.83. The highest BCUT2D eigenvalue weighted by atomic mass is 16.7. The largest absolute Gasteiger partial charge is 0.419 e. The van der Waals surface area contributed by atoms with Crippen molar-refractivity contribution in [3.8, 4) is 0 Å². The predicted octanol–water partition coefficient (Wildman–Crippen LogP) is 0.824. The van der Waals surface area contributed by atoms with Crippen molar-refractivity contribution in [2.75, 3.05) is 14.1 Å². The molecule has 0 aromatic carbocycles. The molecule has 0 radical (unpaired) electrons. The molecule has 0 aromatic heterocycles. The monoisotopic (exact) mass is 225 g/mol. The Hall–Kier alpha value is -1.78. The zero-order chi connectivity index (χ0) is 12.3. The van der Waals surface area contributed by atoms with E-state index in [1.807, 2.05) is 14.1 Å². The lowest BCUT2D eigenvalue weighted by Gasteiger charge is -2.29. The van der Waals surface area contributed by atoms with Crippen LogP contribution in [0.1, 0.15) is 13.8 Å². The molecule has 0 bridgehead atoms. The highest BCUT2D eigenvalue weighted by Gasteiger charge is 2.38. The first-order valence-corrected chi connectivity index (χ1v) is 4.83. The standard InChI is InChI=1S/C11H15NO4/c1-11(2)15-9(13)8(10(14)16-11)6-5-7-12(3)4/h5-7H,1-4H3/b7-5+. The summed E-state index contributed by atoms with van der Waals surface area (Å²) < 4.78 is 9.83. The van der Waals surface area contributed by atoms with Crippen LogP contribution >= 0.6 is 0 Å². The molecule has 16 heavy (non-hydrogen) atoms. The average Bonchev–Trinajstić information content (AvgIpc) is 2.07. The van der Waals surface area contributed by atoms with Gasteiger partial charge in [-0.3, -0.25) is 0 Å². The number of allylic oxidation sites excluding steroid dienone is 2. The molecule has 1 aliphatic rings. The highest BCUT2D eigenvalue weighted by Crippen LogP contribution is 2.22. The molecule has 0 unspecified atom stereocenters. The van der Waals surface area contributed by atoms with E-state index in [-0.39, 0.29) is 5.57 Å². The van der Waals surface area contributed by atoms with Crippen molar-refractivity contribution in [1.82, 2.24) is 4.90 Å². The van der Waals surface area contributed by atoms with Gasteiger partial charge in [0, 0.05) is 27.9 Å². The van der Waals surface area contributed by atoms with Gasteiger partial charge in [-0.2, -0.15) is 0 Å². The molecule has 0 aliphatic carbocycles.